The van der Waals surface area contributed by atoms with Crippen LogP contribution in [0.4, 0.5) is 15.8 Å². The van der Waals surface area contributed by atoms with Crippen molar-refractivity contribution in [3.63, 3.8) is 0 Å². The number of anilines is 1. The Kier molecular flexibility index (Phi) is 6.44. The normalized spacial score (nSPS) is 10.5. The van der Waals surface area contributed by atoms with Crippen LogP contribution in [0.25, 0.3) is 17.1 Å². The van der Waals surface area contributed by atoms with Gasteiger partial charge in [-0.05, 0) is 48.5 Å². The predicted octanol–water partition coefficient (Wildman–Crippen LogP) is 4.01. The summed E-state index contributed by atoms with van der Waals surface area (Å²) in [7, 11) is 1.43. The number of carbonyl (C=O) groups excluding carboxylic acids is 1. The average Bonchev–Trinajstić information content (AvgIpc) is 3.28. The van der Waals surface area contributed by atoms with Gasteiger partial charge in [-0.25, -0.2) is 9.07 Å². The van der Waals surface area contributed by atoms with Crippen molar-refractivity contribution >= 4 is 17.3 Å². The molecular formula is C23H18FN5O5. The van der Waals surface area contributed by atoms with Crippen LogP contribution in [0.2, 0.25) is 0 Å². The highest BCUT2D eigenvalue weighted by Crippen LogP contribution is 2.27. The molecule has 10 nitrogen and oxygen atoms in total. The van der Waals surface area contributed by atoms with E-state index in [1.165, 1.54) is 42.1 Å². The summed E-state index contributed by atoms with van der Waals surface area (Å²) in [4.78, 5) is 27.2. The quantitative estimate of drug-likeness (QED) is 0.310. The zero-order valence-electron chi connectivity index (χ0n) is 17.8. The number of ether oxygens (including phenoxy) is 2. The molecule has 0 aliphatic heterocycles. The molecule has 0 bridgehead atoms. The highest BCUT2D eigenvalue weighted by atomic mass is 19.1. The van der Waals surface area contributed by atoms with Gasteiger partial charge in [0.05, 0.1) is 17.7 Å². The number of nitrogens with zero attached hydrogens (tertiary/aromatic N) is 4. The molecular weight excluding hydrogens is 445 g/mol. The molecule has 1 N–H and O–H groups in total. The van der Waals surface area contributed by atoms with Gasteiger partial charge in [-0.3, -0.25) is 14.9 Å². The minimum absolute atomic E-state index is 0.00458. The van der Waals surface area contributed by atoms with E-state index in [2.05, 4.69) is 15.4 Å². The van der Waals surface area contributed by atoms with E-state index in [0.717, 1.165) is 0 Å². The largest absolute Gasteiger partial charge is 0.477 e. The second-order valence-corrected chi connectivity index (χ2v) is 6.95. The Labute approximate surface area is 192 Å². The first-order valence-electron chi connectivity index (χ1n) is 9.98. The van der Waals surface area contributed by atoms with Gasteiger partial charge in [-0.1, -0.05) is 18.2 Å². The van der Waals surface area contributed by atoms with E-state index in [9.17, 15) is 19.3 Å². The lowest BCUT2D eigenvalue weighted by atomic mass is 10.2. The van der Waals surface area contributed by atoms with Crippen LogP contribution in [-0.4, -0.2) is 39.3 Å². The molecule has 0 radical (unpaired) electrons. The molecule has 0 spiro atoms. The van der Waals surface area contributed by atoms with Crippen LogP contribution >= 0.6 is 0 Å². The third-order valence-corrected chi connectivity index (χ3v) is 4.67. The molecule has 11 heteroatoms. The lowest BCUT2D eigenvalue weighted by Gasteiger charge is -2.10. The summed E-state index contributed by atoms with van der Waals surface area (Å²) in [6.07, 6.45) is 0. The molecule has 0 aliphatic rings. The predicted molar refractivity (Wildman–Crippen MR) is 121 cm³/mol. The minimum Gasteiger partial charge on any atom is -0.477 e. The highest BCUT2D eigenvalue weighted by molar-refractivity contribution is 5.92. The van der Waals surface area contributed by atoms with Gasteiger partial charge in [0, 0.05) is 17.3 Å². The number of aromatic nitrogens is 3. The number of nitrogens with one attached hydrogen (secondary N) is 1. The zero-order valence-corrected chi connectivity index (χ0v) is 17.8. The lowest BCUT2D eigenvalue weighted by molar-refractivity contribution is -0.385. The van der Waals surface area contributed by atoms with Crippen molar-refractivity contribution in [1.82, 2.24) is 14.8 Å². The second kappa shape index (κ2) is 9.77. The van der Waals surface area contributed by atoms with Gasteiger partial charge < -0.3 is 14.8 Å². The van der Waals surface area contributed by atoms with Gasteiger partial charge in [0.2, 0.25) is 0 Å². The fourth-order valence-electron chi connectivity index (χ4n) is 3.13. The molecule has 4 aromatic rings. The van der Waals surface area contributed by atoms with Crippen LogP contribution < -0.4 is 14.8 Å². The Morgan fingerprint density at radius 3 is 2.62 bits per heavy atom. The van der Waals surface area contributed by atoms with Crippen molar-refractivity contribution in [2.45, 2.75) is 0 Å². The maximum absolute atomic E-state index is 13.4. The Morgan fingerprint density at radius 2 is 1.88 bits per heavy atom. The number of hydrogen-bond acceptors (Lipinski definition) is 7. The van der Waals surface area contributed by atoms with Gasteiger partial charge in [-0.2, -0.15) is 4.98 Å². The third-order valence-electron chi connectivity index (χ3n) is 4.67. The standard InChI is InChI=1S/C23H18FN5O5/c1-33-23-26-22(15-9-11-16(24)12-10-15)28(27-23)18-6-4-5-17(13-18)25-21(30)14-34-20-8-3-2-7-19(20)29(31)32/h2-13H,14H2,1H3,(H,25,30). The Bertz CT molecular complexity index is 1340. The van der Waals surface area contributed by atoms with Crippen molar-refractivity contribution in [2.24, 2.45) is 0 Å². The number of nitro groups is 1. The summed E-state index contributed by atoms with van der Waals surface area (Å²) in [5, 5.41) is 18.1. The Morgan fingerprint density at radius 1 is 1.12 bits per heavy atom. The number of halogens is 1. The summed E-state index contributed by atoms with van der Waals surface area (Å²) in [6, 6.07) is 18.5. The number of para-hydroxylation sites is 2. The molecule has 0 aliphatic carbocycles. The van der Waals surface area contributed by atoms with Crippen LogP contribution in [0, 0.1) is 15.9 Å². The molecule has 0 fully saturated rings. The molecule has 0 unspecified atom stereocenters. The summed E-state index contributed by atoms with van der Waals surface area (Å²) < 4.78 is 25.3. The zero-order chi connectivity index (χ0) is 24.1. The molecule has 172 valence electrons. The minimum atomic E-state index is -0.582. The number of rotatable bonds is 8. The molecule has 1 amide bonds. The Hall–Kier alpha value is -4.80. The van der Waals surface area contributed by atoms with E-state index in [0.29, 0.717) is 22.8 Å². The van der Waals surface area contributed by atoms with Crippen molar-refractivity contribution in [1.29, 1.82) is 0 Å². The summed E-state index contributed by atoms with van der Waals surface area (Å²) >= 11 is 0. The van der Waals surface area contributed by atoms with E-state index < -0.39 is 17.4 Å². The third kappa shape index (κ3) is 4.99. The van der Waals surface area contributed by atoms with E-state index >= 15 is 0 Å². The van der Waals surface area contributed by atoms with Crippen molar-refractivity contribution in [2.75, 3.05) is 19.0 Å². The van der Waals surface area contributed by atoms with E-state index in [1.807, 2.05) is 0 Å². The van der Waals surface area contributed by atoms with Crippen LogP contribution in [0.3, 0.4) is 0 Å². The van der Waals surface area contributed by atoms with Crippen LogP contribution in [0.15, 0.2) is 72.8 Å². The first-order chi connectivity index (χ1) is 16.4. The number of nitro benzene ring substituents is 1. The summed E-state index contributed by atoms with van der Waals surface area (Å²) in [6.45, 7) is -0.424. The smallest absolute Gasteiger partial charge is 0.336 e. The van der Waals surface area contributed by atoms with Gasteiger partial charge >= 0.3 is 11.7 Å². The second-order valence-electron chi connectivity index (χ2n) is 6.95. The molecule has 4 rings (SSSR count). The number of hydrogen-bond donors (Lipinski definition) is 1. The molecule has 0 saturated carbocycles. The number of benzene rings is 3. The molecule has 0 saturated heterocycles. The Balaban J connectivity index is 1.53. The highest BCUT2D eigenvalue weighted by Gasteiger charge is 2.17. The SMILES string of the molecule is COc1nc(-c2ccc(F)cc2)n(-c2cccc(NC(=O)COc3ccccc3[N+](=O)[O-])c2)n1. The first-order valence-corrected chi connectivity index (χ1v) is 9.98. The monoisotopic (exact) mass is 463 g/mol. The maximum Gasteiger partial charge on any atom is 0.336 e. The fourth-order valence-corrected chi connectivity index (χ4v) is 3.13. The van der Waals surface area contributed by atoms with Gasteiger partial charge in [0.1, 0.15) is 5.82 Å². The topological polar surface area (TPSA) is 121 Å². The lowest BCUT2D eigenvalue weighted by Crippen LogP contribution is -2.20. The number of methoxy groups -OCH3 is 1. The van der Waals surface area contributed by atoms with Crippen LogP contribution in [0.5, 0.6) is 11.8 Å². The van der Waals surface area contributed by atoms with Gasteiger partial charge in [0.15, 0.2) is 18.2 Å². The fraction of sp³-hybridized carbons (Fsp3) is 0.0870. The van der Waals surface area contributed by atoms with Crippen LogP contribution in [-0.2, 0) is 4.79 Å². The molecule has 1 aromatic heterocycles. The van der Waals surface area contributed by atoms with Crippen molar-refractivity contribution < 1.29 is 23.6 Å². The van der Waals surface area contributed by atoms with E-state index in [1.54, 1.807) is 42.5 Å². The summed E-state index contributed by atoms with van der Waals surface area (Å²) in [5.41, 5.74) is 1.39. The maximum atomic E-state index is 13.4. The van der Waals surface area contributed by atoms with Gasteiger partial charge in [0.25, 0.3) is 5.91 Å². The van der Waals surface area contributed by atoms with E-state index in [4.69, 9.17) is 9.47 Å². The van der Waals surface area contributed by atoms with Crippen molar-refractivity contribution in [3.8, 4) is 28.8 Å². The molecule has 1 heterocycles. The average molecular weight is 463 g/mol. The molecule has 0 atom stereocenters. The van der Waals surface area contributed by atoms with Crippen LogP contribution in [0.1, 0.15) is 0 Å². The van der Waals surface area contributed by atoms with E-state index in [-0.39, 0.29) is 23.3 Å². The van der Waals surface area contributed by atoms with Gasteiger partial charge in [-0.15, -0.1) is 5.10 Å². The number of carbonyl (C=O) groups is 1. The molecule has 34 heavy (non-hydrogen) atoms. The van der Waals surface area contributed by atoms with Crippen molar-refractivity contribution in [3.05, 3.63) is 88.7 Å². The molecule has 3 aromatic carbocycles. The summed E-state index contributed by atoms with van der Waals surface area (Å²) in [5.74, 6) is -0.477. The number of amides is 1. The first kappa shape index (κ1) is 22.4.